The Balaban J connectivity index is 1.73. The maximum atomic E-state index is 13.6. The minimum atomic E-state index is -2.64. The predicted octanol–water partition coefficient (Wildman–Crippen LogP) is 8.51. The van der Waals surface area contributed by atoms with Crippen molar-refractivity contribution in [3.8, 4) is 17.6 Å². The van der Waals surface area contributed by atoms with Gasteiger partial charge in [0.1, 0.15) is 35.4 Å². The first-order valence-corrected chi connectivity index (χ1v) is 24.4. The van der Waals surface area contributed by atoms with Crippen molar-refractivity contribution < 1.29 is 32.4 Å². The first-order valence-electron chi connectivity index (χ1n) is 20.4. The number of nitriles is 1. The molecule has 0 aliphatic carbocycles. The van der Waals surface area contributed by atoms with E-state index in [9.17, 15) is 14.9 Å². The van der Waals surface area contributed by atoms with Crippen LogP contribution in [0.25, 0.3) is 0 Å². The SMILES string of the molecule is COc1ccc(C(OC[C@H]2O[C@@H](n3ccc(=O)[nH]c3=O)[C@@H](O[Si](C)(C)C(C)(C)C)C2OP(OCCC#N)N(C(C)C)C(C)C)(c2ccccc2)c2ccc(OC)cc2)cc1. The molecule has 1 aliphatic heterocycles. The highest BCUT2D eigenvalue weighted by Gasteiger charge is 2.54. The van der Waals surface area contributed by atoms with Gasteiger partial charge in [0.15, 0.2) is 14.5 Å². The number of rotatable bonds is 19. The van der Waals surface area contributed by atoms with E-state index in [1.807, 2.05) is 78.9 Å². The summed E-state index contributed by atoms with van der Waals surface area (Å²) in [5.74, 6) is 1.37. The van der Waals surface area contributed by atoms with Crippen LogP contribution in [0.5, 0.6) is 11.5 Å². The number of nitrogens with zero attached hydrogens (tertiary/aromatic N) is 3. The molecular formula is C45H61N4O9PSi. The molecule has 1 aliphatic rings. The summed E-state index contributed by atoms with van der Waals surface area (Å²) in [5.41, 5.74) is 0.119. The summed E-state index contributed by atoms with van der Waals surface area (Å²) in [6, 6.07) is 29.0. The van der Waals surface area contributed by atoms with Crippen molar-refractivity contribution in [1.82, 2.24) is 14.2 Å². The molecule has 0 bridgehead atoms. The Morgan fingerprint density at radius 2 is 1.40 bits per heavy atom. The highest BCUT2D eigenvalue weighted by Crippen LogP contribution is 2.52. The highest BCUT2D eigenvalue weighted by molar-refractivity contribution is 7.44. The Morgan fingerprint density at radius 1 is 0.850 bits per heavy atom. The molecule has 0 saturated carbocycles. The number of aromatic nitrogens is 2. The number of nitrogens with one attached hydrogen (secondary N) is 1. The van der Waals surface area contributed by atoms with Crippen LogP contribution in [0.15, 0.2) is 101 Å². The molecule has 60 heavy (non-hydrogen) atoms. The van der Waals surface area contributed by atoms with Gasteiger partial charge >= 0.3 is 5.69 Å². The van der Waals surface area contributed by atoms with Gasteiger partial charge < -0.3 is 32.4 Å². The minimum Gasteiger partial charge on any atom is -0.497 e. The second-order valence-corrected chi connectivity index (χ2v) is 23.0. The summed E-state index contributed by atoms with van der Waals surface area (Å²) in [6.45, 7) is 19.1. The maximum Gasteiger partial charge on any atom is 0.330 e. The Kier molecular flexibility index (Phi) is 15.7. The van der Waals surface area contributed by atoms with Gasteiger partial charge in [0.25, 0.3) is 14.1 Å². The molecule has 13 nitrogen and oxygen atoms in total. The molecule has 324 valence electrons. The van der Waals surface area contributed by atoms with E-state index in [4.69, 9.17) is 32.4 Å². The molecule has 5 rings (SSSR count). The fourth-order valence-corrected chi connectivity index (χ4v) is 10.2. The molecule has 1 aromatic heterocycles. The van der Waals surface area contributed by atoms with Crippen molar-refractivity contribution in [2.75, 3.05) is 27.4 Å². The predicted molar refractivity (Wildman–Crippen MR) is 236 cm³/mol. The third-order valence-electron chi connectivity index (χ3n) is 11.2. The van der Waals surface area contributed by atoms with E-state index < -0.39 is 58.2 Å². The van der Waals surface area contributed by atoms with E-state index in [-0.39, 0.29) is 36.8 Å². The maximum absolute atomic E-state index is 13.6. The lowest BCUT2D eigenvalue weighted by atomic mass is 9.80. The lowest BCUT2D eigenvalue weighted by Gasteiger charge is -2.42. The van der Waals surface area contributed by atoms with Gasteiger partial charge in [-0.25, -0.2) is 9.46 Å². The normalized spacial score (nSPS) is 19.1. The lowest BCUT2D eigenvalue weighted by molar-refractivity contribution is -0.0943. The Labute approximate surface area is 356 Å². The van der Waals surface area contributed by atoms with Crippen LogP contribution in [-0.2, 0) is 28.5 Å². The smallest absolute Gasteiger partial charge is 0.330 e. The first kappa shape index (κ1) is 46.9. The average Bonchev–Trinajstić information content (AvgIpc) is 3.53. The second kappa shape index (κ2) is 20.1. The van der Waals surface area contributed by atoms with Crippen LogP contribution in [-0.4, -0.2) is 80.4 Å². The lowest BCUT2D eigenvalue weighted by Crippen LogP contribution is -2.50. The average molecular weight is 861 g/mol. The van der Waals surface area contributed by atoms with Crippen molar-refractivity contribution in [3.63, 3.8) is 0 Å². The molecule has 3 aromatic carbocycles. The molecule has 15 heteroatoms. The van der Waals surface area contributed by atoms with Crippen molar-refractivity contribution in [2.24, 2.45) is 0 Å². The summed E-state index contributed by atoms with van der Waals surface area (Å²) >= 11 is 0. The van der Waals surface area contributed by atoms with Crippen LogP contribution in [0.4, 0.5) is 0 Å². The van der Waals surface area contributed by atoms with Crippen molar-refractivity contribution in [2.45, 2.75) is 115 Å². The Hall–Kier alpha value is -4.16. The van der Waals surface area contributed by atoms with Gasteiger partial charge in [0, 0.05) is 24.3 Å². The van der Waals surface area contributed by atoms with Crippen LogP contribution < -0.4 is 20.7 Å². The summed E-state index contributed by atoms with van der Waals surface area (Å²) in [4.78, 5) is 28.4. The van der Waals surface area contributed by atoms with E-state index in [1.54, 1.807) is 14.2 Å². The number of ether oxygens (including phenoxy) is 4. The molecule has 0 spiro atoms. The van der Waals surface area contributed by atoms with Gasteiger partial charge in [-0.05, 0) is 86.8 Å². The van der Waals surface area contributed by atoms with Crippen LogP contribution >= 0.6 is 8.53 Å². The topological polar surface area (TPSA) is 147 Å². The number of aromatic amines is 1. The minimum absolute atomic E-state index is 0.00321. The summed E-state index contributed by atoms with van der Waals surface area (Å²) in [6.07, 6.45) is -2.01. The number of hydrogen-bond acceptors (Lipinski definition) is 11. The van der Waals surface area contributed by atoms with E-state index >= 15 is 0 Å². The van der Waals surface area contributed by atoms with Gasteiger partial charge in [-0.1, -0.05) is 75.4 Å². The van der Waals surface area contributed by atoms with Crippen LogP contribution in [0.1, 0.15) is 77.8 Å². The Bertz CT molecular complexity index is 2080. The molecule has 1 fully saturated rings. The van der Waals surface area contributed by atoms with Crippen molar-refractivity contribution >= 4 is 16.8 Å². The molecule has 5 atom stereocenters. The Morgan fingerprint density at radius 3 is 1.88 bits per heavy atom. The fourth-order valence-electron chi connectivity index (χ4n) is 7.14. The number of H-pyrrole nitrogens is 1. The molecule has 0 radical (unpaired) electrons. The zero-order chi connectivity index (χ0) is 43.8. The van der Waals surface area contributed by atoms with E-state index in [0.717, 1.165) is 16.7 Å². The molecule has 1 saturated heterocycles. The second-order valence-electron chi connectivity index (χ2n) is 16.9. The number of hydrogen-bond donors (Lipinski definition) is 1. The first-order chi connectivity index (χ1) is 28.5. The molecule has 4 aromatic rings. The highest BCUT2D eigenvalue weighted by atomic mass is 31.2. The summed E-state index contributed by atoms with van der Waals surface area (Å²) < 4.78 is 50.0. The summed E-state index contributed by atoms with van der Waals surface area (Å²) in [5, 5.41) is 9.26. The van der Waals surface area contributed by atoms with Gasteiger partial charge in [-0.3, -0.25) is 14.3 Å². The molecule has 0 amide bonds. The zero-order valence-electron chi connectivity index (χ0n) is 36.7. The third kappa shape index (κ3) is 10.5. The zero-order valence-corrected chi connectivity index (χ0v) is 38.6. The van der Waals surface area contributed by atoms with Gasteiger partial charge in [0.05, 0.1) is 39.9 Å². The van der Waals surface area contributed by atoms with Crippen LogP contribution in [0, 0.1) is 11.3 Å². The number of benzene rings is 3. The third-order valence-corrected chi connectivity index (χ3v) is 17.8. The van der Waals surface area contributed by atoms with E-state index in [1.165, 1.54) is 16.8 Å². The molecule has 1 N–H and O–H groups in total. The standard InChI is InChI=1S/C45H61N4O9PSi/c1-31(2)49(32(3)4)59(55-29-15-27-46)57-40-38(56-42(48-28-26-39(50)47-43(48)51)41(40)58-60(10,11)44(5,6)7)30-54-45(33-16-13-12-14-17-33,34-18-22-36(52-8)23-19-34)35-20-24-37(53-9)25-21-35/h12-14,16-26,28,31-32,38,40-42H,15,29-30H2,1-11H3,(H,47,50,51)/t38-,40?,41+,42-,59?/m1/s1. The molecular weight excluding hydrogens is 800 g/mol. The fraction of sp³-hybridized carbons (Fsp3) is 0.489. The number of methoxy groups -OCH3 is 2. The largest absolute Gasteiger partial charge is 0.497 e. The van der Waals surface area contributed by atoms with Gasteiger partial charge in [-0.15, -0.1) is 0 Å². The quantitative estimate of drug-likeness (QED) is 0.0419. The molecule has 2 unspecified atom stereocenters. The van der Waals surface area contributed by atoms with Crippen molar-refractivity contribution in [1.29, 1.82) is 5.26 Å². The summed E-state index contributed by atoms with van der Waals surface area (Å²) in [7, 11) is -1.20. The monoisotopic (exact) mass is 860 g/mol. The van der Waals surface area contributed by atoms with Gasteiger partial charge in [0.2, 0.25) is 0 Å². The van der Waals surface area contributed by atoms with E-state index in [0.29, 0.717) is 11.5 Å². The van der Waals surface area contributed by atoms with E-state index in [2.05, 4.69) is 77.3 Å². The van der Waals surface area contributed by atoms with Crippen molar-refractivity contribution in [3.05, 3.63) is 129 Å². The van der Waals surface area contributed by atoms with Gasteiger partial charge in [-0.2, -0.15) is 5.26 Å². The van der Waals surface area contributed by atoms with Crippen LogP contribution in [0.2, 0.25) is 18.1 Å². The molecule has 2 heterocycles. The van der Waals surface area contributed by atoms with Crippen LogP contribution in [0.3, 0.4) is 0 Å².